The van der Waals surface area contributed by atoms with E-state index in [1.165, 1.54) is 17.8 Å². The fourth-order valence-electron chi connectivity index (χ4n) is 1.85. The summed E-state index contributed by atoms with van der Waals surface area (Å²) in [5, 5.41) is 8.93. The van der Waals surface area contributed by atoms with Crippen molar-refractivity contribution in [3.8, 4) is 0 Å². The van der Waals surface area contributed by atoms with Crippen LogP contribution in [0.4, 0.5) is 0 Å². The summed E-state index contributed by atoms with van der Waals surface area (Å²) in [6, 6.07) is 4.77. The predicted octanol–water partition coefficient (Wildman–Crippen LogP) is 0.639. The molecule has 0 aliphatic heterocycles. The van der Waals surface area contributed by atoms with Gasteiger partial charge in [-0.05, 0) is 24.1 Å². The lowest BCUT2D eigenvalue weighted by molar-refractivity contribution is 0.0686. The Labute approximate surface area is 122 Å². The Bertz CT molecular complexity index is 738. The normalized spacial score (nSPS) is 11.5. The summed E-state index contributed by atoms with van der Waals surface area (Å²) >= 11 is 0. The van der Waals surface area contributed by atoms with E-state index in [1.54, 1.807) is 18.5 Å². The van der Waals surface area contributed by atoms with Gasteiger partial charge in [0.05, 0.1) is 0 Å². The first-order valence-electron chi connectivity index (χ1n) is 6.18. The number of hydrogen-bond acceptors (Lipinski definition) is 4. The molecule has 0 saturated carbocycles. The van der Waals surface area contributed by atoms with Gasteiger partial charge < -0.3 is 9.67 Å². The van der Waals surface area contributed by atoms with Crippen LogP contribution in [0.5, 0.6) is 0 Å². The minimum atomic E-state index is -3.72. The Hall–Kier alpha value is -2.19. The van der Waals surface area contributed by atoms with Crippen molar-refractivity contribution in [2.75, 3.05) is 6.54 Å². The number of hydrogen-bond donors (Lipinski definition) is 2. The molecule has 2 aromatic heterocycles. The molecular formula is C13H15N3O4S. The van der Waals surface area contributed by atoms with E-state index < -0.39 is 16.0 Å². The van der Waals surface area contributed by atoms with E-state index in [0.29, 0.717) is 6.42 Å². The second-order valence-corrected chi connectivity index (χ2v) is 6.25. The molecule has 112 valence electrons. The van der Waals surface area contributed by atoms with E-state index in [1.807, 2.05) is 6.07 Å². The van der Waals surface area contributed by atoms with E-state index in [0.717, 1.165) is 11.6 Å². The third-order valence-corrected chi connectivity index (χ3v) is 4.37. The Balaban J connectivity index is 2.05. The molecule has 0 atom stereocenters. The average Bonchev–Trinajstić information content (AvgIpc) is 2.83. The summed E-state index contributed by atoms with van der Waals surface area (Å²) in [6.07, 6.45) is 5.09. The van der Waals surface area contributed by atoms with Crippen LogP contribution >= 0.6 is 0 Å². The van der Waals surface area contributed by atoms with Crippen molar-refractivity contribution >= 4 is 16.0 Å². The summed E-state index contributed by atoms with van der Waals surface area (Å²) in [5.41, 5.74) is 0.835. The topological polar surface area (TPSA) is 101 Å². The molecule has 8 heteroatoms. The first kappa shape index (κ1) is 15.2. The standard InChI is InChI=1S/C13H15N3O4S/c1-16-9-11(7-12(16)13(17)18)21(19,20)15-6-4-10-3-2-5-14-8-10/h2-3,5,7-9,15H,4,6H2,1H3,(H,17,18). The largest absolute Gasteiger partial charge is 0.477 e. The number of carbonyl (C=O) groups is 1. The maximum atomic E-state index is 12.1. The Morgan fingerprint density at radius 3 is 2.81 bits per heavy atom. The lowest BCUT2D eigenvalue weighted by Gasteiger charge is -2.04. The molecule has 2 heterocycles. The first-order chi connectivity index (χ1) is 9.90. The summed E-state index contributed by atoms with van der Waals surface area (Å²) in [6.45, 7) is 0.214. The van der Waals surface area contributed by atoms with Gasteiger partial charge in [0.15, 0.2) is 0 Å². The fraction of sp³-hybridized carbons (Fsp3) is 0.231. The van der Waals surface area contributed by atoms with E-state index in [2.05, 4.69) is 9.71 Å². The zero-order valence-electron chi connectivity index (χ0n) is 11.4. The van der Waals surface area contributed by atoms with Crippen LogP contribution in [0.15, 0.2) is 41.7 Å². The highest BCUT2D eigenvalue weighted by Crippen LogP contribution is 2.13. The lowest BCUT2D eigenvalue weighted by atomic mass is 10.2. The molecule has 2 N–H and O–H groups in total. The van der Waals surface area contributed by atoms with Crippen LogP contribution in [0.1, 0.15) is 16.1 Å². The van der Waals surface area contributed by atoms with E-state index in [-0.39, 0.29) is 17.1 Å². The average molecular weight is 309 g/mol. The van der Waals surface area contributed by atoms with Gasteiger partial charge in [0.1, 0.15) is 10.6 Å². The second-order valence-electron chi connectivity index (χ2n) is 4.49. The SMILES string of the molecule is Cn1cc(S(=O)(=O)NCCc2cccnc2)cc1C(=O)O. The van der Waals surface area contributed by atoms with Gasteiger partial charge in [0.25, 0.3) is 0 Å². The number of rotatable bonds is 6. The molecule has 7 nitrogen and oxygen atoms in total. The number of sulfonamides is 1. The van der Waals surface area contributed by atoms with Crippen molar-refractivity contribution in [1.29, 1.82) is 0 Å². The van der Waals surface area contributed by atoms with Gasteiger partial charge in [-0.2, -0.15) is 0 Å². The number of carboxylic acids is 1. The van der Waals surface area contributed by atoms with Crippen molar-refractivity contribution in [1.82, 2.24) is 14.3 Å². The molecule has 0 spiro atoms. The van der Waals surface area contributed by atoms with Crippen molar-refractivity contribution in [2.45, 2.75) is 11.3 Å². The molecule has 0 radical (unpaired) electrons. The molecule has 0 bridgehead atoms. The molecule has 2 rings (SSSR count). The molecule has 21 heavy (non-hydrogen) atoms. The number of pyridine rings is 1. The van der Waals surface area contributed by atoms with Crippen LogP contribution < -0.4 is 4.72 Å². The molecule has 2 aromatic rings. The Kier molecular flexibility index (Phi) is 4.39. The summed E-state index contributed by atoms with van der Waals surface area (Å²) < 4.78 is 27.9. The minimum Gasteiger partial charge on any atom is -0.477 e. The molecule has 0 fully saturated rings. The van der Waals surface area contributed by atoms with Crippen LogP contribution in [-0.4, -0.2) is 35.6 Å². The smallest absolute Gasteiger partial charge is 0.352 e. The maximum Gasteiger partial charge on any atom is 0.352 e. The van der Waals surface area contributed by atoms with Gasteiger partial charge in [-0.25, -0.2) is 17.9 Å². The summed E-state index contributed by atoms with van der Waals surface area (Å²) in [5.74, 6) is -1.17. The van der Waals surface area contributed by atoms with Gasteiger partial charge >= 0.3 is 5.97 Å². The van der Waals surface area contributed by atoms with Crippen molar-refractivity contribution in [3.63, 3.8) is 0 Å². The quantitative estimate of drug-likeness (QED) is 0.815. The molecule has 0 saturated heterocycles. The van der Waals surface area contributed by atoms with Crippen LogP contribution in [0.25, 0.3) is 0 Å². The van der Waals surface area contributed by atoms with Gasteiger partial charge in [0.2, 0.25) is 10.0 Å². The maximum absolute atomic E-state index is 12.1. The number of aromatic nitrogens is 2. The van der Waals surface area contributed by atoms with Crippen molar-refractivity contribution in [2.24, 2.45) is 7.05 Å². The molecule has 0 amide bonds. The number of aromatic carboxylic acids is 1. The molecule has 0 unspecified atom stereocenters. The highest BCUT2D eigenvalue weighted by molar-refractivity contribution is 7.89. The van der Waals surface area contributed by atoms with E-state index in [9.17, 15) is 13.2 Å². The van der Waals surface area contributed by atoms with Crippen molar-refractivity contribution in [3.05, 3.63) is 48.0 Å². The first-order valence-corrected chi connectivity index (χ1v) is 7.67. The number of carboxylic acid groups (broad SMARTS) is 1. The van der Waals surface area contributed by atoms with Crippen LogP contribution in [0.2, 0.25) is 0 Å². The van der Waals surface area contributed by atoms with Gasteiger partial charge in [-0.15, -0.1) is 0 Å². The van der Waals surface area contributed by atoms with Crippen LogP contribution in [-0.2, 0) is 23.5 Å². The minimum absolute atomic E-state index is 0.0615. The third-order valence-electron chi connectivity index (χ3n) is 2.94. The van der Waals surface area contributed by atoms with Crippen LogP contribution in [0.3, 0.4) is 0 Å². The highest BCUT2D eigenvalue weighted by Gasteiger charge is 2.19. The van der Waals surface area contributed by atoms with Crippen LogP contribution in [0, 0.1) is 0 Å². The van der Waals surface area contributed by atoms with E-state index in [4.69, 9.17) is 5.11 Å². The monoisotopic (exact) mass is 309 g/mol. The molecule has 0 aliphatic carbocycles. The Morgan fingerprint density at radius 1 is 1.48 bits per heavy atom. The number of nitrogens with one attached hydrogen (secondary N) is 1. The highest BCUT2D eigenvalue weighted by atomic mass is 32.2. The number of nitrogens with zero attached hydrogens (tertiary/aromatic N) is 2. The van der Waals surface area contributed by atoms with Crippen molar-refractivity contribution < 1.29 is 18.3 Å². The van der Waals surface area contributed by atoms with Gasteiger partial charge in [-0.1, -0.05) is 6.07 Å². The molecule has 0 aromatic carbocycles. The molecule has 0 aliphatic rings. The van der Waals surface area contributed by atoms with E-state index >= 15 is 0 Å². The molecular weight excluding hydrogens is 294 g/mol. The number of aryl methyl sites for hydroxylation is 1. The predicted molar refractivity (Wildman–Crippen MR) is 75.5 cm³/mol. The Morgan fingerprint density at radius 2 is 2.24 bits per heavy atom. The van der Waals surface area contributed by atoms with Gasteiger partial charge in [-0.3, -0.25) is 4.98 Å². The second kappa shape index (κ2) is 6.06. The zero-order valence-corrected chi connectivity index (χ0v) is 12.2. The van der Waals surface area contributed by atoms with Gasteiger partial charge in [0, 0.05) is 32.2 Å². The third kappa shape index (κ3) is 3.67. The lowest BCUT2D eigenvalue weighted by Crippen LogP contribution is -2.25. The zero-order chi connectivity index (χ0) is 15.5. The summed E-state index contributed by atoms with van der Waals surface area (Å²) in [7, 11) is -2.24. The summed E-state index contributed by atoms with van der Waals surface area (Å²) in [4.78, 5) is 14.8. The fourth-order valence-corrected chi connectivity index (χ4v) is 2.95.